The van der Waals surface area contributed by atoms with Crippen molar-refractivity contribution in [2.24, 2.45) is 28.6 Å². The van der Waals surface area contributed by atoms with Gasteiger partial charge in [-0.3, -0.25) is 4.79 Å². The minimum Gasteiger partial charge on any atom is -0.299 e. The van der Waals surface area contributed by atoms with Crippen LogP contribution in [0.25, 0.3) is 0 Å². The van der Waals surface area contributed by atoms with E-state index in [0.717, 1.165) is 6.42 Å². The lowest BCUT2D eigenvalue weighted by atomic mass is 9.37. The highest BCUT2D eigenvalue weighted by atomic mass is 16.1. The van der Waals surface area contributed by atoms with E-state index in [1.807, 2.05) is 0 Å². The maximum atomic E-state index is 12.5. The number of carbonyl (C=O) groups is 1. The summed E-state index contributed by atoms with van der Waals surface area (Å²) in [7, 11) is 0. The number of Topliss-reactive ketones (excluding diaryl/α,β-unsaturated/α-hetero) is 1. The van der Waals surface area contributed by atoms with Gasteiger partial charge in [-0.15, -0.1) is 0 Å². The summed E-state index contributed by atoms with van der Waals surface area (Å²) in [6, 6.07) is 0. The molecule has 4 bridgehead atoms. The summed E-state index contributed by atoms with van der Waals surface area (Å²) in [5.74, 6) is 1.61. The second-order valence-corrected chi connectivity index (χ2v) is 6.76. The van der Waals surface area contributed by atoms with Crippen LogP contribution in [0.2, 0.25) is 0 Å². The Morgan fingerprint density at radius 3 is 2.62 bits per heavy atom. The van der Waals surface area contributed by atoms with Crippen molar-refractivity contribution in [2.75, 3.05) is 0 Å². The largest absolute Gasteiger partial charge is 0.299 e. The molecule has 0 N–H and O–H groups in total. The van der Waals surface area contributed by atoms with Gasteiger partial charge in [0.05, 0.1) is 0 Å². The van der Waals surface area contributed by atoms with Gasteiger partial charge in [-0.1, -0.05) is 32.9 Å². The van der Waals surface area contributed by atoms with Crippen LogP contribution < -0.4 is 0 Å². The first-order valence-corrected chi connectivity index (χ1v) is 6.65. The van der Waals surface area contributed by atoms with Gasteiger partial charge >= 0.3 is 0 Å². The first kappa shape index (κ1) is 10.6. The van der Waals surface area contributed by atoms with E-state index in [0.29, 0.717) is 17.6 Å². The van der Waals surface area contributed by atoms with Gasteiger partial charge < -0.3 is 0 Å². The van der Waals surface area contributed by atoms with E-state index in [-0.39, 0.29) is 16.7 Å². The second kappa shape index (κ2) is 2.80. The van der Waals surface area contributed by atoms with Crippen LogP contribution in [0, 0.1) is 28.6 Å². The highest BCUT2D eigenvalue weighted by Crippen LogP contribution is 2.69. The Morgan fingerprint density at radius 2 is 1.94 bits per heavy atom. The maximum absolute atomic E-state index is 12.5. The van der Waals surface area contributed by atoms with Gasteiger partial charge in [0.1, 0.15) is 5.78 Å². The van der Waals surface area contributed by atoms with E-state index in [1.165, 1.54) is 24.8 Å². The molecular formula is C15H22O. The SMILES string of the molecule is C=C1[C@@H]2CC[C@@]3(C)[C@@H](C2=O)[C@H](C)CC[C@@]13C. The number of hydrogen-bond acceptors (Lipinski definition) is 1. The van der Waals surface area contributed by atoms with E-state index in [1.54, 1.807) is 0 Å². The molecule has 88 valence electrons. The Balaban J connectivity index is 2.19. The smallest absolute Gasteiger partial charge is 0.143 e. The summed E-state index contributed by atoms with van der Waals surface area (Å²) in [5, 5.41) is 0. The number of allylic oxidation sites excluding steroid dienone is 1. The molecule has 0 aromatic carbocycles. The fraction of sp³-hybridized carbons (Fsp3) is 0.800. The third-order valence-corrected chi connectivity index (χ3v) is 6.35. The molecule has 0 radical (unpaired) electrons. The van der Waals surface area contributed by atoms with Crippen LogP contribution in [0.3, 0.4) is 0 Å². The second-order valence-electron chi connectivity index (χ2n) is 6.76. The molecule has 0 unspecified atom stereocenters. The molecule has 5 atom stereocenters. The van der Waals surface area contributed by atoms with Gasteiger partial charge in [-0.2, -0.15) is 0 Å². The normalized spacial score (nSPS) is 55.6. The van der Waals surface area contributed by atoms with E-state index >= 15 is 0 Å². The Labute approximate surface area is 98.3 Å². The Kier molecular flexibility index (Phi) is 1.85. The lowest BCUT2D eigenvalue weighted by Gasteiger charge is -2.66. The van der Waals surface area contributed by atoms with Crippen molar-refractivity contribution in [3.8, 4) is 0 Å². The lowest BCUT2D eigenvalue weighted by molar-refractivity contribution is -0.163. The molecule has 0 aromatic heterocycles. The van der Waals surface area contributed by atoms with Gasteiger partial charge in [0.2, 0.25) is 0 Å². The van der Waals surface area contributed by atoms with E-state index in [4.69, 9.17) is 0 Å². The average molecular weight is 218 g/mol. The first-order chi connectivity index (χ1) is 7.42. The number of ketones is 1. The van der Waals surface area contributed by atoms with Crippen molar-refractivity contribution >= 4 is 5.78 Å². The zero-order valence-electron chi connectivity index (χ0n) is 10.7. The van der Waals surface area contributed by atoms with Crippen LogP contribution in [0.5, 0.6) is 0 Å². The van der Waals surface area contributed by atoms with Gasteiger partial charge in [0.15, 0.2) is 0 Å². The highest BCUT2D eigenvalue weighted by molar-refractivity contribution is 5.90. The number of hydrogen-bond donors (Lipinski definition) is 0. The molecule has 4 rings (SSSR count). The number of fused-ring (bicyclic) bond motifs is 1. The van der Waals surface area contributed by atoms with Gasteiger partial charge in [-0.05, 0) is 42.4 Å². The summed E-state index contributed by atoms with van der Waals surface area (Å²) in [6.07, 6.45) is 4.74. The topological polar surface area (TPSA) is 17.1 Å². The molecule has 16 heavy (non-hydrogen) atoms. The third-order valence-electron chi connectivity index (χ3n) is 6.35. The summed E-state index contributed by atoms with van der Waals surface area (Å²) < 4.78 is 0. The maximum Gasteiger partial charge on any atom is 0.143 e. The number of carbonyl (C=O) groups excluding carboxylic acids is 1. The van der Waals surface area contributed by atoms with Crippen molar-refractivity contribution in [3.63, 3.8) is 0 Å². The quantitative estimate of drug-likeness (QED) is 0.568. The van der Waals surface area contributed by atoms with Gasteiger partial charge in [-0.25, -0.2) is 0 Å². The fourth-order valence-corrected chi connectivity index (χ4v) is 5.03. The molecule has 0 saturated heterocycles. The molecule has 0 aliphatic heterocycles. The third kappa shape index (κ3) is 0.881. The minimum atomic E-state index is 0.194. The number of rotatable bonds is 0. The Bertz CT molecular complexity index is 383. The van der Waals surface area contributed by atoms with Crippen LogP contribution in [0.1, 0.15) is 46.5 Å². The van der Waals surface area contributed by atoms with Crippen molar-refractivity contribution in [3.05, 3.63) is 12.2 Å². The Hall–Kier alpha value is -0.590. The molecule has 0 spiro atoms. The Morgan fingerprint density at radius 1 is 1.25 bits per heavy atom. The molecule has 0 aromatic rings. The first-order valence-electron chi connectivity index (χ1n) is 6.65. The zero-order valence-corrected chi connectivity index (χ0v) is 10.7. The fourth-order valence-electron chi connectivity index (χ4n) is 5.03. The summed E-state index contributed by atoms with van der Waals surface area (Å²) in [6.45, 7) is 11.3. The predicted octanol–water partition coefficient (Wildman–Crippen LogP) is 3.59. The molecule has 0 amide bonds. The summed E-state index contributed by atoms with van der Waals surface area (Å²) in [5.41, 5.74) is 1.70. The molecule has 0 heterocycles. The monoisotopic (exact) mass is 218 g/mol. The van der Waals surface area contributed by atoms with Crippen molar-refractivity contribution < 1.29 is 4.79 Å². The zero-order chi connectivity index (χ0) is 11.7. The summed E-state index contributed by atoms with van der Waals surface area (Å²) in [4.78, 5) is 12.5. The molecule has 4 fully saturated rings. The van der Waals surface area contributed by atoms with Crippen LogP contribution in [-0.4, -0.2) is 5.78 Å². The lowest BCUT2D eigenvalue weighted by Crippen LogP contribution is -2.63. The summed E-state index contributed by atoms with van der Waals surface area (Å²) >= 11 is 0. The average Bonchev–Trinajstić information content (AvgIpc) is 2.22. The standard InChI is InChI=1S/C15H22O/c1-9-5-7-14(3)10(2)11-6-8-15(14,4)12(9)13(11)16/h9,11-12H,2,5-8H2,1,3-4H3/t9-,11+,12-,14+,15+/m1/s1. The van der Waals surface area contributed by atoms with Crippen LogP contribution in [0.15, 0.2) is 12.2 Å². The van der Waals surface area contributed by atoms with Gasteiger partial charge in [0, 0.05) is 11.8 Å². The molecular weight excluding hydrogens is 196 g/mol. The predicted molar refractivity (Wildman–Crippen MR) is 65.0 cm³/mol. The van der Waals surface area contributed by atoms with Crippen molar-refractivity contribution in [1.29, 1.82) is 0 Å². The molecule has 4 aliphatic rings. The molecule has 1 heteroatoms. The van der Waals surface area contributed by atoms with Crippen molar-refractivity contribution in [2.45, 2.75) is 46.5 Å². The van der Waals surface area contributed by atoms with Crippen LogP contribution >= 0.6 is 0 Å². The van der Waals surface area contributed by atoms with Crippen LogP contribution in [0.4, 0.5) is 0 Å². The van der Waals surface area contributed by atoms with E-state index in [9.17, 15) is 4.79 Å². The molecule has 4 saturated carbocycles. The molecule has 1 nitrogen and oxygen atoms in total. The van der Waals surface area contributed by atoms with Crippen molar-refractivity contribution in [1.82, 2.24) is 0 Å². The molecule has 4 aliphatic carbocycles. The van der Waals surface area contributed by atoms with Crippen LogP contribution in [-0.2, 0) is 4.79 Å². The minimum absolute atomic E-state index is 0.194. The van der Waals surface area contributed by atoms with E-state index in [2.05, 4.69) is 27.4 Å². The van der Waals surface area contributed by atoms with Gasteiger partial charge in [0.25, 0.3) is 0 Å². The highest BCUT2D eigenvalue weighted by Gasteiger charge is 2.65. The van der Waals surface area contributed by atoms with E-state index < -0.39 is 0 Å².